The number of carbonyl (C=O) groups is 1. The number of aliphatic hydroxyl groups excluding tert-OH is 1. The molecule has 4 unspecified atom stereocenters. The summed E-state index contributed by atoms with van der Waals surface area (Å²) in [6.45, 7) is 0.325. The number of aromatic nitrogens is 4. The average molecular weight is 638 g/mol. The standard InChI is InChI=1S/C19H25N6O13P3/c1-11(19(27)28)24-39(29,36-12-5-3-2-4-6-12)37-41(32,33)38-40(30,31)34-8-13-7-14(26)18(35-13)25-10-23-15-16(20)21-9-22-17(15)25/h2-6,9-11,13-14,18,26H,7-8H2,1H3,(H,24,29)(H,27,28)(H,30,31)(H,32,33)(H2,20,21,22)/t11?,13-,14+,18+,39?/m0/s1. The highest BCUT2D eigenvalue weighted by Gasteiger charge is 2.46. The summed E-state index contributed by atoms with van der Waals surface area (Å²) in [6, 6.07) is 5.43. The van der Waals surface area contributed by atoms with Gasteiger partial charge in [-0.05, 0) is 19.1 Å². The maximum Gasteiger partial charge on any atom is 0.490 e. The van der Waals surface area contributed by atoms with Crippen molar-refractivity contribution in [2.45, 2.75) is 37.8 Å². The predicted molar refractivity (Wildman–Crippen MR) is 137 cm³/mol. The van der Waals surface area contributed by atoms with Crippen molar-refractivity contribution >= 4 is 46.3 Å². The molecule has 0 radical (unpaired) electrons. The largest absolute Gasteiger partial charge is 0.490 e. The Balaban J connectivity index is 1.40. The van der Waals surface area contributed by atoms with Gasteiger partial charge >= 0.3 is 29.4 Å². The second-order valence-electron chi connectivity index (χ2n) is 8.52. The van der Waals surface area contributed by atoms with Crippen LogP contribution < -0.4 is 15.3 Å². The average Bonchev–Trinajstić information content (AvgIpc) is 3.45. The molecule has 1 aliphatic rings. The summed E-state index contributed by atoms with van der Waals surface area (Å²) in [5.41, 5.74) is 6.27. The van der Waals surface area contributed by atoms with Crippen molar-refractivity contribution in [3.63, 3.8) is 0 Å². The van der Waals surface area contributed by atoms with E-state index in [1.54, 1.807) is 6.07 Å². The van der Waals surface area contributed by atoms with Gasteiger partial charge in [-0.1, -0.05) is 18.2 Å². The number of fused-ring (bicyclic) bond motifs is 1. The molecule has 7 atom stereocenters. The van der Waals surface area contributed by atoms with E-state index in [1.807, 2.05) is 5.09 Å². The fraction of sp³-hybridized carbons (Fsp3) is 0.368. The molecule has 7 N–H and O–H groups in total. The quantitative estimate of drug-likeness (QED) is 0.145. The Bertz CT molecular complexity index is 1540. The van der Waals surface area contributed by atoms with Crippen molar-refractivity contribution in [2.24, 2.45) is 0 Å². The molecule has 2 aromatic heterocycles. The number of carboxylic acids is 1. The lowest BCUT2D eigenvalue weighted by Gasteiger charge is -2.24. The van der Waals surface area contributed by atoms with Gasteiger partial charge in [0.05, 0.1) is 19.0 Å². The topological polar surface area (TPSA) is 277 Å². The zero-order valence-electron chi connectivity index (χ0n) is 20.9. The molecule has 1 saturated heterocycles. The van der Waals surface area contributed by atoms with Gasteiger partial charge in [-0.25, -0.2) is 28.6 Å². The van der Waals surface area contributed by atoms with Crippen molar-refractivity contribution in [2.75, 3.05) is 12.3 Å². The van der Waals surface area contributed by atoms with Gasteiger partial charge in [-0.15, -0.1) is 0 Å². The molecule has 0 saturated carbocycles. The first-order valence-corrected chi connectivity index (χ1v) is 16.0. The first-order chi connectivity index (χ1) is 19.2. The van der Waals surface area contributed by atoms with Crippen LogP contribution in [0.2, 0.25) is 0 Å². The second kappa shape index (κ2) is 12.2. The Morgan fingerprint density at radius 1 is 1.17 bits per heavy atom. The van der Waals surface area contributed by atoms with E-state index < -0.39 is 60.4 Å². The summed E-state index contributed by atoms with van der Waals surface area (Å²) >= 11 is 0. The number of benzene rings is 1. The van der Waals surface area contributed by atoms with Gasteiger partial charge in [-0.2, -0.15) is 13.7 Å². The molecule has 224 valence electrons. The van der Waals surface area contributed by atoms with Gasteiger partial charge in [0.15, 0.2) is 17.7 Å². The molecule has 22 heteroatoms. The highest BCUT2D eigenvalue weighted by Crippen LogP contribution is 2.67. The summed E-state index contributed by atoms with van der Waals surface area (Å²) in [5.74, 6) is -1.58. The normalized spacial score (nSPS) is 24.2. The van der Waals surface area contributed by atoms with Crippen molar-refractivity contribution in [3.8, 4) is 5.75 Å². The molecule has 1 aliphatic heterocycles. The molecule has 41 heavy (non-hydrogen) atoms. The monoisotopic (exact) mass is 638 g/mol. The third kappa shape index (κ3) is 7.94. The van der Waals surface area contributed by atoms with Gasteiger partial charge in [0.2, 0.25) is 0 Å². The van der Waals surface area contributed by atoms with Crippen LogP contribution >= 0.6 is 23.4 Å². The fourth-order valence-corrected chi connectivity index (χ4v) is 8.02. The van der Waals surface area contributed by atoms with E-state index in [-0.39, 0.29) is 29.2 Å². The first kappa shape index (κ1) is 31.2. The Kier molecular flexibility index (Phi) is 9.28. The Hall–Kier alpha value is -2.79. The molecule has 0 spiro atoms. The third-order valence-electron chi connectivity index (χ3n) is 5.36. The van der Waals surface area contributed by atoms with Crippen LogP contribution in [0, 0.1) is 0 Å². The van der Waals surface area contributed by atoms with Crippen LogP contribution in [0.15, 0.2) is 43.0 Å². The summed E-state index contributed by atoms with van der Waals surface area (Å²) in [6.07, 6.45) is -0.811. The summed E-state index contributed by atoms with van der Waals surface area (Å²) in [5, 5.41) is 21.5. The lowest BCUT2D eigenvalue weighted by Crippen LogP contribution is -2.33. The molecule has 4 rings (SSSR count). The van der Waals surface area contributed by atoms with E-state index in [9.17, 15) is 33.4 Å². The van der Waals surface area contributed by atoms with Crippen LogP contribution in [0.4, 0.5) is 5.82 Å². The number of hydrogen-bond donors (Lipinski definition) is 6. The van der Waals surface area contributed by atoms with Gasteiger partial charge in [0.25, 0.3) is 0 Å². The van der Waals surface area contributed by atoms with E-state index >= 15 is 0 Å². The zero-order chi connectivity index (χ0) is 30.0. The minimum Gasteiger partial charge on any atom is -0.480 e. The molecule has 3 aromatic rings. The van der Waals surface area contributed by atoms with E-state index in [0.717, 1.165) is 6.92 Å². The number of nitrogens with one attached hydrogen (secondary N) is 1. The lowest BCUT2D eigenvalue weighted by atomic mass is 10.2. The van der Waals surface area contributed by atoms with E-state index in [0.29, 0.717) is 0 Å². The number of phosphoric ester groups is 1. The van der Waals surface area contributed by atoms with Crippen LogP contribution in [0.5, 0.6) is 5.75 Å². The molecule has 19 nitrogen and oxygen atoms in total. The fourth-order valence-electron chi connectivity index (χ4n) is 3.60. The highest BCUT2D eigenvalue weighted by atomic mass is 31.3. The summed E-state index contributed by atoms with van der Waals surface area (Å²) in [4.78, 5) is 43.3. The number of para-hydroxylation sites is 1. The Morgan fingerprint density at radius 2 is 1.88 bits per heavy atom. The highest BCUT2D eigenvalue weighted by molar-refractivity contribution is 7.68. The van der Waals surface area contributed by atoms with Gasteiger partial charge in [0, 0.05) is 6.42 Å². The second-order valence-corrected chi connectivity index (χ2v) is 13.4. The zero-order valence-corrected chi connectivity index (χ0v) is 23.6. The SMILES string of the molecule is CC(NP(=O)(Oc1ccccc1)OP(=O)(O)OP(=O)(O)OC[C@@H]1C[C@@H](O)[C@H](n2cnc3c(N)ncnc32)O1)C(=O)O. The maximum absolute atomic E-state index is 13.1. The number of aliphatic carboxylic acids is 1. The van der Waals surface area contributed by atoms with Crippen molar-refractivity contribution < 1.29 is 60.9 Å². The molecule has 1 fully saturated rings. The Morgan fingerprint density at radius 3 is 2.56 bits per heavy atom. The molecule has 0 aliphatic carbocycles. The van der Waals surface area contributed by atoms with E-state index in [2.05, 4.69) is 23.6 Å². The van der Waals surface area contributed by atoms with Crippen LogP contribution in [0.3, 0.4) is 0 Å². The van der Waals surface area contributed by atoms with Crippen LogP contribution in [0.25, 0.3) is 11.2 Å². The number of hydrogen-bond acceptors (Lipinski definition) is 14. The first-order valence-electron chi connectivity index (χ1n) is 11.5. The number of anilines is 1. The van der Waals surface area contributed by atoms with Crippen LogP contribution in [-0.4, -0.2) is 70.3 Å². The number of imidazole rings is 1. The Labute approximate surface area is 231 Å². The molecule has 0 amide bonds. The predicted octanol–water partition coefficient (Wildman–Crippen LogP) is 1.56. The van der Waals surface area contributed by atoms with E-state index in [4.69, 9.17) is 24.6 Å². The number of rotatable bonds is 13. The minimum absolute atomic E-state index is 0.0986. The number of phosphoric acid groups is 2. The third-order valence-corrected chi connectivity index (χ3v) is 10.3. The van der Waals surface area contributed by atoms with Crippen molar-refractivity contribution in [1.82, 2.24) is 24.6 Å². The number of nitrogen functional groups attached to an aromatic ring is 1. The summed E-state index contributed by atoms with van der Waals surface area (Å²) in [7, 11) is -16.1. The summed E-state index contributed by atoms with van der Waals surface area (Å²) < 4.78 is 63.8. The number of nitrogens with two attached hydrogens (primary N) is 1. The van der Waals surface area contributed by atoms with Crippen LogP contribution in [-0.2, 0) is 36.4 Å². The van der Waals surface area contributed by atoms with Crippen LogP contribution in [0.1, 0.15) is 19.6 Å². The molecule has 1 aromatic carbocycles. The van der Waals surface area contributed by atoms with Crippen molar-refractivity contribution in [1.29, 1.82) is 0 Å². The van der Waals surface area contributed by atoms with Gasteiger partial charge in [0.1, 0.15) is 29.7 Å². The van der Waals surface area contributed by atoms with Crippen molar-refractivity contribution in [3.05, 3.63) is 43.0 Å². The number of carboxylic acid groups (broad SMARTS) is 1. The minimum atomic E-state index is -5.73. The smallest absolute Gasteiger partial charge is 0.480 e. The molecule has 0 bridgehead atoms. The number of aliphatic hydroxyl groups is 1. The molecule has 3 heterocycles. The lowest BCUT2D eigenvalue weighted by molar-refractivity contribution is -0.138. The maximum atomic E-state index is 13.1. The van der Waals surface area contributed by atoms with E-state index in [1.165, 1.54) is 41.5 Å². The van der Waals surface area contributed by atoms with Gasteiger partial charge in [-0.3, -0.25) is 13.9 Å². The molecular formula is C19H25N6O13P3. The number of nitrogens with zero attached hydrogens (tertiary/aromatic N) is 4. The number of ether oxygens (including phenoxy) is 1. The van der Waals surface area contributed by atoms with Gasteiger partial charge < -0.3 is 35.0 Å². The molecular weight excluding hydrogens is 613 g/mol.